The van der Waals surface area contributed by atoms with Crippen LogP contribution in [0.5, 0.6) is 0 Å². The second-order valence-corrected chi connectivity index (χ2v) is 3.88. The topological polar surface area (TPSA) is 11.3 Å². The Morgan fingerprint density at radius 3 is 2.62 bits per heavy atom. The minimum Gasteiger partial charge on any atom is -0.254 e. The van der Waals surface area contributed by atoms with E-state index in [1.165, 1.54) is 21.9 Å². The first-order valence-electron chi connectivity index (χ1n) is 5.60. The van der Waals surface area contributed by atoms with Gasteiger partial charge in [0.2, 0.25) is 0 Å². The zero-order valence-electron chi connectivity index (χ0n) is 9.23. The molecule has 0 radical (unpaired) electrons. The van der Waals surface area contributed by atoms with Gasteiger partial charge in [0.25, 0.3) is 6.61 Å². The average molecular weight is 209 g/mol. The van der Waals surface area contributed by atoms with Crippen LogP contribution in [0.1, 0.15) is 22.5 Å². The standard InChI is InChI=1S/C15H13O/c1-2-16-14-10-9-12-6-3-5-11-7-4-8-13(14)15(11)12/h3-10H,2H2,1H3/q+1. The molecule has 0 saturated carbocycles. The van der Waals surface area contributed by atoms with Gasteiger partial charge in [-0.25, -0.2) is 0 Å². The van der Waals surface area contributed by atoms with Crippen LogP contribution in [0.15, 0.2) is 42.5 Å². The molecule has 0 saturated heterocycles. The highest BCUT2D eigenvalue weighted by atomic mass is 16.4. The molecule has 1 nitrogen and oxygen atoms in total. The molecule has 0 aliphatic heterocycles. The first kappa shape index (κ1) is 9.34. The maximum Gasteiger partial charge on any atom is 0.351 e. The van der Waals surface area contributed by atoms with E-state index in [0.29, 0.717) is 6.61 Å². The van der Waals surface area contributed by atoms with Crippen molar-refractivity contribution in [1.29, 1.82) is 0 Å². The van der Waals surface area contributed by atoms with Gasteiger partial charge in [-0.3, -0.25) is 4.42 Å². The minimum absolute atomic E-state index is 0.707. The third-order valence-corrected chi connectivity index (χ3v) is 2.92. The SMILES string of the molecule is CC[O+]=C1C=Cc2cccc3cccc1c23. The van der Waals surface area contributed by atoms with E-state index in [2.05, 4.69) is 48.6 Å². The molecule has 0 unspecified atom stereocenters. The summed E-state index contributed by atoms with van der Waals surface area (Å²) < 4.78 is 5.66. The summed E-state index contributed by atoms with van der Waals surface area (Å²) in [4.78, 5) is 0. The molecular formula is C15H13O+. The molecular weight excluding hydrogens is 196 g/mol. The highest BCUT2D eigenvalue weighted by Gasteiger charge is 2.20. The third kappa shape index (κ3) is 1.28. The van der Waals surface area contributed by atoms with E-state index < -0.39 is 0 Å². The van der Waals surface area contributed by atoms with Gasteiger partial charge in [-0.2, -0.15) is 0 Å². The number of allylic oxidation sites excluding steroid dienone is 1. The summed E-state index contributed by atoms with van der Waals surface area (Å²) in [6, 6.07) is 12.7. The van der Waals surface area contributed by atoms with Gasteiger partial charge < -0.3 is 0 Å². The number of carbonyl (C=O) groups excluding carboxylic acids is 1. The van der Waals surface area contributed by atoms with Crippen LogP contribution in [0, 0.1) is 0 Å². The molecule has 0 amide bonds. The number of ketones is 1. The van der Waals surface area contributed by atoms with Crippen LogP contribution in [-0.2, 0) is 0 Å². The predicted molar refractivity (Wildman–Crippen MR) is 67.9 cm³/mol. The van der Waals surface area contributed by atoms with E-state index in [4.69, 9.17) is 4.42 Å². The summed E-state index contributed by atoms with van der Waals surface area (Å²) in [5.74, 6) is 0.979. The Kier molecular flexibility index (Phi) is 2.10. The molecule has 2 aromatic carbocycles. The van der Waals surface area contributed by atoms with Gasteiger partial charge in [-0.1, -0.05) is 30.3 Å². The van der Waals surface area contributed by atoms with Gasteiger partial charge in [0.15, 0.2) is 0 Å². The fraction of sp³-hybridized carbons (Fsp3) is 0.133. The molecule has 2 aromatic rings. The molecule has 0 spiro atoms. The summed E-state index contributed by atoms with van der Waals surface area (Å²) >= 11 is 0. The van der Waals surface area contributed by atoms with E-state index in [9.17, 15) is 0 Å². The highest BCUT2D eigenvalue weighted by molar-refractivity contribution is 6.19. The molecule has 78 valence electrons. The smallest absolute Gasteiger partial charge is 0.254 e. The van der Waals surface area contributed by atoms with Crippen molar-refractivity contribution in [1.82, 2.24) is 0 Å². The monoisotopic (exact) mass is 209 g/mol. The van der Waals surface area contributed by atoms with Crippen molar-refractivity contribution in [2.24, 2.45) is 0 Å². The molecule has 0 heterocycles. The lowest BCUT2D eigenvalue weighted by atomic mass is 9.92. The number of hydrogen-bond donors (Lipinski definition) is 0. The van der Waals surface area contributed by atoms with E-state index in [1.54, 1.807) is 0 Å². The second-order valence-electron chi connectivity index (χ2n) is 3.88. The Morgan fingerprint density at radius 2 is 1.81 bits per heavy atom. The number of benzene rings is 2. The lowest BCUT2D eigenvalue weighted by Gasteiger charge is -2.08. The van der Waals surface area contributed by atoms with Crippen molar-refractivity contribution in [2.75, 3.05) is 6.61 Å². The largest absolute Gasteiger partial charge is 0.351 e. The van der Waals surface area contributed by atoms with Gasteiger partial charge in [-0.05, 0) is 23.1 Å². The molecule has 0 atom stereocenters. The minimum atomic E-state index is 0.707. The normalized spacial score (nSPS) is 15.9. The second kappa shape index (κ2) is 3.60. The van der Waals surface area contributed by atoms with Crippen LogP contribution in [-0.4, -0.2) is 12.4 Å². The van der Waals surface area contributed by atoms with Crippen LogP contribution in [0.2, 0.25) is 0 Å². The van der Waals surface area contributed by atoms with E-state index in [1.807, 2.05) is 6.92 Å². The molecule has 0 N–H and O–H groups in total. The highest BCUT2D eigenvalue weighted by Crippen LogP contribution is 2.28. The molecule has 16 heavy (non-hydrogen) atoms. The van der Waals surface area contributed by atoms with Crippen LogP contribution < -0.4 is 0 Å². The van der Waals surface area contributed by atoms with Crippen LogP contribution in [0.25, 0.3) is 16.8 Å². The van der Waals surface area contributed by atoms with Crippen molar-refractivity contribution >= 4 is 22.6 Å². The zero-order chi connectivity index (χ0) is 11.0. The molecule has 0 fully saturated rings. The third-order valence-electron chi connectivity index (χ3n) is 2.92. The van der Waals surface area contributed by atoms with Crippen molar-refractivity contribution < 1.29 is 4.42 Å². The van der Waals surface area contributed by atoms with Crippen LogP contribution in [0.4, 0.5) is 0 Å². The van der Waals surface area contributed by atoms with Crippen molar-refractivity contribution in [3.63, 3.8) is 0 Å². The zero-order valence-corrected chi connectivity index (χ0v) is 9.23. The van der Waals surface area contributed by atoms with E-state index >= 15 is 0 Å². The maximum absolute atomic E-state index is 5.66. The van der Waals surface area contributed by atoms with Crippen molar-refractivity contribution in [3.8, 4) is 0 Å². The Labute approximate surface area is 94.7 Å². The lowest BCUT2D eigenvalue weighted by molar-refractivity contribution is -0.261. The molecule has 1 aliphatic carbocycles. The fourth-order valence-electron chi connectivity index (χ4n) is 2.25. The Balaban J connectivity index is 2.40. The van der Waals surface area contributed by atoms with Crippen LogP contribution >= 0.6 is 0 Å². The van der Waals surface area contributed by atoms with Gasteiger partial charge in [-0.15, -0.1) is 0 Å². The number of hydrogen-bond acceptors (Lipinski definition) is 0. The molecule has 1 aliphatic rings. The fourth-order valence-corrected chi connectivity index (χ4v) is 2.25. The average Bonchev–Trinajstić information content (AvgIpc) is 2.33. The van der Waals surface area contributed by atoms with E-state index in [0.717, 1.165) is 5.78 Å². The van der Waals surface area contributed by atoms with Crippen molar-refractivity contribution in [2.45, 2.75) is 6.92 Å². The maximum atomic E-state index is 5.66. The molecule has 1 heteroatoms. The molecule has 0 bridgehead atoms. The summed E-state index contributed by atoms with van der Waals surface area (Å²) in [6.45, 7) is 2.72. The van der Waals surface area contributed by atoms with Gasteiger partial charge in [0.05, 0.1) is 5.56 Å². The lowest BCUT2D eigenvalue weighted by Crippen LogP contribution is -2.04. The van der Waals surface area contributed by atoms with Gasteiger partial charge >= 0.3 is 5.78 Å². The quantitative estimate of drug-likeness (QED) is 0.636. The summed E-state index contributed by atoms with van der Waals surface area (Å²) in [6.07, 6.45) is 4.18. The molecule has 3 rings (SSSR count). The Hall–Kier alpha value is -1.89. The number of rotatable bonds is 1. The van der Waals surface area contributed by atoms with Gasteiger partial charge in [0.1, 0.15) is 0 Å². The van der Waals surface area contributed by atoms with Crippen LogP contribution in [0.3, 0.4) is 0 Å². The summed E-state index contributed by atoms with van der Waals surface area (Å²) in [5, 5.41) is 2.58. The molecule has 0 aromatic heterocycles. The summed E-state index contributed by atoms with van der Waals surface area (Å²) in [7, 11) is 0. The van der Waals surface area contributed by atoms with Gasteiger partial charge in [0, 0.05) is 18.4 Å². The first-order chi connectivity index (χ1) is 7.90. The predicted octanol–water partition coefficient (Wildman–Crippen LogP) is 3.60. The van der Waals surface area contributed by atoms with Crippen molar-refractivity contribution in [3.05, 3.63) is 53.6 Å². The summed E-state index contributed by atoms with van der Waals surface area (Å²) in [5.41, 5.74) is 2.48. The first-order valence-corrected chi connectivity index (χ1v) is 5.60. The Bertz CT molecular complexity index is 601. The van der Waals surface area contributed by atoms with E-state index in [-0.39, 0.29) is 0 Å². The Morgan fingerprint density at radius 1 is 1.00 bits per heavy atom.